The van der Waals surface area contributed by atoms with Gasteiger partial charge in [-0.2, -0.15) is 0 Å². The largest absolute Gasteiger partial charge is 0.349 e. The molecule has 1 nitrogen and oxygen atoms in total. The van der Waals surface area contributed by atoms with E-state index in [4.69, 9.17) is 22.8 Å². The molecule has 1 saturated heterocycles. The lowest BCUT2D eigenvalue weighted by atomic mass is 10.1. The van der Waals surface area contributed by atoms with Gasteiger partial charge in [0.15, 0.2) is 5.60 Å². The van der Waals surface area contributed by atoms with E-state index in [2.05, 4.69) is 5.92 Å². The van der Waals surface area contributed by atoms with Crippen LogP contribution in [0.1, 0.15) is 6.92 Å². The molecule has 0 amide bonds. The summed E-state index contributed by atoms with van der Waals surface area (Å²) in [6.07, 6.45) is 6.96. The van der Waals surface area contributed by atoms with Crippen molar-refractivity contribution in [2.24, 2.45) is 0 Å². The van der Waals surface area contributed by atoms with Gasteiger partial charge >= 0.3 is 0 Å². The van der Waals surface area contributed by atoms with E-state index in [0.29, 0.717) is 0 Å². The van der Waals surface area contributed by atoms with Crippen molar-refractivity contribution < 1.29 is 4.74 Å². The van der Waals surface area contributed by atoms with Gasteiger partial charge in [0.05, 0.1) is 0 Å². The average molecular weight is 143 g/mol. The summed E-state index contributed by atoms with van der Waals surface area (Å²) in [5.41, 5.74) is 0.908. The summed E-state index contributed by atoms with van der Waals surface area (Å²) in [6, 6.07) is 0. The van der Waals surface area contributed by atoms with Gasteiger partial charge in [-0.05, 0) is 13.0 Å². The van der Waals surface area contributed by atoms with Gasteiger partial charge in [0.25, 0.3) is 0 Å². The molecule has 0 aromatic carbocycles. The minimum absolute atomic E-state index is 0.123. The predicted octanol–water partition coefficient (Wildman–Crippen LogP) is 1.53. The minimum Gasteiger partial charge on any atom is -0.349 e. The summed E-state index contributed by atoms with van der Waals surface area (Å²) in [6.45, 7) is 1.91. The lowest BCUT2D eigenvalue weighted by Gasteiger charge is -1.90. The van der Waals surface area contributed by atoms with Crippen LogP contribution in [-0.2, 0) is 4.74 Å². The Bertz CT molecular complexity index is 180. The molecule has 48 valence electrons. The van der Waals surface area contributed by atoms with Crippen molar-refractivity contribution in [1.82, 2.24) is 0 Å². The van der Waals surface area contributed by atoms with E-state index in [1.54, 1.807) is 6.08 Å². The van der Waals surface area contributed by atoms with Crippen molar-refractivity contribution in [3.8, 4) is 12.3 Å². The van der Waals surface area contributed by atoms with Gasteiger partial charge in [0.2, 0.25) is 0 Å². The topological polar surface area (TPSA) is 12.5 Å². The third-order valence-corrected chi connectivity index (χ3v) is 1.58. The summed E-state index contributed by atoms with van der Waals surface area (Å²) < 4.78 is 5.09. The maximum atomic E-state index is 5.31. The molecule has 0 N–H and O–H groups in total. The second kappa shape index (κ2) is 2.06. The molecule has 2 heteroatoms. The van der Waals surface area contributed by atoms with Crippen LogP contribution in [0.25, 0.3) is 0 Å². The number of terminal acetylenes is 1. The fraction of sp³-hybridized carbons (Fsp3) is 0.429. The summed E-state index contributed by atoms with van der Waals surface area (Å²) in [5, 5.41) is 0. The van der Waals surface area contributed by atoms with E-state index < -0.39 is 5.60 Å². The van der Waals surface area contributed by atoms with E-state index in [1.807, 2.05) is 6.92 Å². The molecule has 1 aliphatic rings. The smallest absolute Gasteiger partial charge is 0.174 e. The van der Waals surface area contributed by atoms with Crippen molar-refractivity contribution in [1.29, 1.82) is 0 Å². The van der Waals surface area contributed by atoms with Gasteiger partial charge in [-0.25, -0.2) is 0 Å². The van der Waals surface area contributed by atoms with Gasteiger partial charge in [-0.3, -0.25) is 0 Å². The van der Waals surface area contributed by atoms with Gasteiger partial charge in [-0.15, -0.1) is 6.42 Å². The van der Waals surface area contributed by atoms with Crippen molar-refractivity contribution >= 4 is 11.6 Å². The lowest BCUT2D eigenvalue weighted by molar-refractivity contribution is 0.372. The fourth-order valence-corrected chi connectivity index (χ4v) is 0.914. The highest BCUT2D eigenvalue weighted by molar-refractivity contribution is 6.25. The molecule has 0 spiro atoms. The van der Waals surface area contributed by atoms with Gasteiger partial charge in [-0.1, -0.05) is 17.5 Å². The predicted molar refractivity (Wildman–Crippen MR) is 37.1 cm³/mol. The third-order valence-electron chi connectivity index (χ3n) is 1.45. The normalized spacial score (nSPS) is 40.8. The van der Waals surface area contributed by atoms with Crippen LogP contribution >= 0.6 is 11.6 Å². The van der Waals surface area contributed by atoms with E-state index in [0.717, 1.165) is 0 Å². The molecule has 2 atom stereocenters. The molecule has 0 radical (unpaired) electrons. The molecule has 0 saturated carbocycles. The number of hydrogen-bond donors (Lipinski definition) is 0. The Morgan fingerprint density at radius 3 is 2.56 bits per heavy atom. The Hall–Kier alpha value is -0.450. The Morgan fingerprint density at radius 2 is 2.44 bits per heavy atom. The van der Waals surface area contributed by atoms with E-state index in [-0.39, 0.29) is 6.10 Å². The molecule has 0 aliphatic carbocycles. The number of epoxide rings is 1. The van der Waals surface area contributed by atoms with Crippen LogP contribution < -0.4 is 0 Å². The monoisotopic (exact) mass is 142 g/mol. The molecular weight excluding hydrogens is 136 g/mol. The van der Waals surface area contributed by atoms with Crippen LogP contribution in [0, 0.1) is 12.3 Å². The average Bonchev–Trinajstić information content (AvgIpc) is 2.45. The van der Waals surface area contributed by atoms with Gasteiger partial charge < -0.3 is 4.74 Å². The van der Waals surface area contributed by atoms with Crippen LogP contribution in [0.5, 0.6) is 0 Å². The Kier molecular flexibility index (Phi) is 1.52. The van der Waals surface area contributed by atoms with E-state index >= 15 is 0 Å². The number of rotatable bonds is 1. The molecule has 0 aromatic rings. The highest BCUT2D eigenvalue weighted by atomic mass is 35.5. The van der Waals surface area contributed by atoms with Crippen LogP contribution in [0.3, 0.4) is 0 Å². The molecule has 9 heavy (non-hydrogen) atoms. The Balaban J connectivity index is 2.66. The first-order valence-corrected chi connectivity index (χ1v) is 3.12. The summed E-state index contributed by atoms with van der Waals surface area (Å²) in [4.78, 5) is 0. The number of hydrogen-bond acceptors (Lipinski definition) is 1. The second-order valence-corrected chi connectivity index (χ2v) is 2.24. The van der Waals surface area contributed by atoms with E-state index in [1.165, 1.54) is 5.54 Å². The second-order valence-electron chi connectivity index (χ2n) is 1.99. The standard InChI is InChI=1S/C7H7ClO/c1-3-7(4-5-8)6(2)9-7/h1,4-6H,2H3. The summed E-state index contributed by atoms with van der Waals surface area (Å²) >= 11 is 5.31. The minimum atomic E-state index is -0.484. The van der Waals surface area contributed by atoms with Gasteiger partial charge in [0, 0.05) is 5.54 Å². The zero-order chi connectivity index (χ0) is 6.91. The first-order valence-electron chi connectivity index (χ1n) is 2.68. The van der Waals surface area contributed by atoms with Crippen molar-refractivity contribution in [2.75, 3.05) is 0 Å². The third kappa shape index (κ3) is 0.962. The molecular formula is C7H7ClO. The molecule has 2 unspecified atom stereocenters. The Labute approximate surface area is 59.6 Å². The summed E-state index contributed by atoms with van der Waals surface area (Å²) in [5.74, 6) is 2.51. The van der Waals surface area contributed by atoms with E-state index in [9.17, 15) is 0 Å². The molecule has 1 heterocycles. The maximum Gasteiger partial charge on any atom is 0.174 e. The lowest BCUT2D eigenvalue weighted by Crippen LogP contribution is -2.04. The van der Waals surface area contributed by atoms with Gasteiger partial charge in [0.1, 0.15) is 6.10 Å². The molecule has 0 bridgehead atoms. The summed E-state index contributed by atoms with van der Waals surface area (Å²) in [7, 11) is 0. The van der Waals surface area contributed by atoms with Crippen LogP contribution in [0.15, 0.2) is 11.6 Å². The Morgan fingerprint density at radius 1 is 1.89 bits per heavy atom. The maximum absolute atomic E-state index is 5.31. The van der Waals surface area contributed by atoms with Crippen molar-refractivity contribution in [2.45, 2.75) is 18.6 Å². The highest BCUT2D eigenvalue weighted by Gasteiger charge is 2.49. The zero-order valence-electron chi connectivity index (χ0n) is 5.10. The highest BCUT2D eigenvalue weighted by Crippen LogP contribution is 2.36. The fourth-order valence-electron chi connectivity index (χ4n) is 0.726. The first kappa shape index (κ1) is 6.67. The van der Waals surface area contributed by atoms with Crippen LogP contribution in [-0.4, -0.2) is 11.7 Å². The van der Waals surface area contributed by atoms with Crippen molar-refractivity contribution in [3.05, 3.63) is 11.6 Å². The van der Waals surface area contributed by atoms with Crippen LogP contribution in [0.2, 0.25) is 0 Å². The number of ether oxygens (including phenoxy) is 1. The van der Waals surface area contributed by atoms with Crippen molar-refractivity contribution in [3.63, 3.8) is 0 Å². The SMILES string of the molecule is C#CC1(C=CCl)OC1C. The van der Waals surface area contributed by atoms with Crippen LogP contribution in [0.4, 0.5) is 0 Å². The molecule has 1 aliphatic heterocycles. The molecule has 1 rings (SSSR count). The quantitative estimate of drug-likeness (QED) is 0.400. The zero-order valence-corrected chi connectivity index (χ0v) is 5.85. The molecule has 1 fully saturated rings. The molecule has 0 aromatic heterocycles. The number of halogens is 1. The first-order chi connectivity index (χ1) is 4.25.